The second-order valence-corrected chi connectivity index (χ2v) is 4.71. The van der Waals surface area contributed by atoms with Crippen molar-refractivity contribution < 1.29 is 23.8 Å². The highest BCUT2D eigenvalue weighted by molar-refractivity contribution is 5.92. The molecule has 1 aromatic carbocycles. The number of hydrogen-bond donors (Lipinski definition) is 2. The molecule has 0 saturated carbocycles. The van der Waals surface area contributed by atoms with Crippen LogP contribution in [-0.4, -0.2) is 30.6 Å². The highest BCUT2D eigenvalue weighted by Gasteiger charge is 2.21. The fourth-order valence-corrected chi connectivity index (χ4v) is 2.03. The van der Waals surface area contributed by atoms with Crippen LogP contribution < -0.4 is 5.32 Å². The molecule has 1 unspecified atom stereocenters. The van der Waals surface area contributed by atoms with Gasteiger partial charge in [0.25, 0.3) is 5.91 Å². The normalized spacial score (nSPS) is 11.9. The Labute approximate surface area is 127 Å². The third-order valence-electron chi connectivity index (χ3n) is 3.14. The minimum absolute atomic E-state index is 0.0154. The van der Waals surface area contributed by atoms with Crippen LogP contribution in [0.3, 0.4) is 0 Å². The van der Waals surface area contributed by atoms with Gasteiger partial charge >= 0.3 is 5.97 Å². The summed E-state index contributed by atoms with van der Waals surface area (Å²) in [6.07, 6.45) is 0. The van der Waals surface area contributed by atoms with E-state index in [9.17, 15) is 14.7 Å². The average molecular weight is 303 g/mol. The van der Waals surface area contributed by atoms with Crippen LogP contribution in [-0.2, 0) is 16.1 Å². The number of carboxylic acid groups (broad SMARTS) is 1. The van der Waals surface area contributed by atoms with Crippen LogP contribution in [0.5, 0.6) is 0 Å². The number of methoxy groups -OCH3 is 1. The number of aliphatic carboxylic acids is 1. The van der Waals surface area contributed by atoms with Gasteiger partial charge in [-0.1, -0.05) is 30.3 Å². The fraction of sp³-hybridized carbons (Fsp3) is 0.250. The Kier molecular flexibility index (Phi) is 5.32. The maximum atomic E-state index is 12.0. The van der Waals surface area contributed by atoms with Crippen LogP contribution in [0.4, 0.5) is 0 Å². The van der Waals surface area contributed by atoms with E-state index in [1.165, 1.54) is 13.2 Å². The molecule has 2 N–H and O–H groups in total. The van der Waals surface area contributed by atoms with Gasteiger partial charge in [-0.25, -0.2) is 0 Å². The third-order valence-corrected chi connectivity index (χ3v) is 3.14. The molecule has 1 aromatic heterocycles. The number of benzene rings is 1. The fourth-order valence-electron chi connectivity index (χ4n) is 2.03. The number of furan rings is 1. The minimum Gasteiger partial charge on any atom is -0.481 e. The lowest BCUT2D eigenvalue weighted by Crippen LogP contribution is -2.31. The van der Waals surface area contributed by atoms with Crippen LogP contribution in [0.1, 0.15) is 27.8 Å². The van der Waals surface area contributed by atoms with Crippen molar-refractivity contribution in [2.45, 2.75) is 12.5 Å². The van der Waals surface area contributed by atoms with Gasteiger partial charge in [-0.15, -0.1) is 0 Å². The van der Waals surface area contributed by atoms with E-state index in [-0.39, 0.29) is 18.9 Å². The summed E-state index contributed by atoms with van der Waals surface area (Å²) in [5.41, 5.74) is 0.634. The van der Waals surface area contributed by atoms with Gasteiger partial charge in [-0.05, 0) is 17.7 Å². The van der Waals surface area contributed by atoms with Gasteiger partial charge in [0, 0.05) is 13.7 Å². The number of carbonyl (C=O) groups excluding carboxylic acids is 1. The van der Waals surface area contributed by atoms with Crippen molar-refractivity contribution in [3.8, 4) is 0 Å². The van der Waals surface area contributed by atoms with Gasteiger partial charge in [-0.3, -0.25) is 9.59 Å². The number of hydrogen-bond acceptors (Lipinski definition) is 4. The molecule has 0 bridgehead atoms. The third kappa shape index (κ3) is 3.95. The van der Waals surface area contributed by atoms with E-state index < -0.39 is 17.8 Å². The standard InChI is InChI=1S/C16H17NO5/c1-21-10-12-7-8-14(22-12)15(18)17-9-13(16(19)20)11-5-3-2-4-6-11/h2-8,13H,9-10H2,1H3,(H,17,18)(H,19,20). The molecule has 6 nitrogen and oxygen atoms in total. The van der Waals surface area contributed by atoms with Crippen LogP contribution in [0, 0.1) is 0 Å². The van der Waals surface area contributed by atoms with Crippen LogP contribution in [0.15, 0.2) is 46.9 Å². The van der Waals surface area contributed by atoms with Crippen molar-refractivity contribution in [1.82, 2.24) is 5.32 Å². The summed E-state index contributed by atoms with van der Waals surface area (Å²) in [6, 6.07) is 11.9. The summed E-state index contributed by atoms with van der Waals surface area (Å²) >= 11 is 0. The van der Waals surface area contributed by atoms with Crippen LogP contribution >= 0.6 is 0 Å². The molecule has 0 spiro atoms. The molecule has 2 rings (SSSR count). The maximum absolute atomic E-state index is 12.0. The summed E-state index contributed by atoms with van der Waals surface area (Å²) in [6.45, 7) is 0.257. The molecule has 0 aliphatic rings. The van der Waals surface area contributed by atoms with Gasteiger partial charge < -0.3 is 19.6 Å². The van der Waals surface area contributed by atoms with E-state index in [2.05, 4.69) is 5.32 Å². The molecule has 1 heterocycles. The molecule has 0 aliphatic heterocycles. The van der Waals surface area contributed by atoms with Crippen LogP contribution in [0.2, 0.25) is 0 Å². The van der Waals surface area contributed by atoms with Crippen molar-refractivity contribution >= 4 is 11.9 Å². The largest absolute Gasteiger partial charge is 0.481 e. The maximum Gasteiger partial charge on any atom is 0.312 e. The van der Waals surface area contributed by atoms with Crippen molar-refractivity contribution in [3.63, 3.8) is 0 Å². The molecule has 0 aliphatic carbocycles. The van der Waals surface area contributed by atoms with E-state index in [1.54, 1.807) is 36.4 Å². The Morgan fingerprint density at radius 2 is 1.95 bits per heavy atom. The second-order valence-electron chi connectivity index (χ2n) is 4.71. The molecule has 0 fully saturated rings. The van der Waals surface area contributed by atoms with Crippen molar-refractivity contribution in [2.24, 2.45) is 0 Å². The summed E-state index contributed by atoms with van der Waals surface area (Å²) < 4.78 is 10.2. The number of ether oxygens (including phenoxy) is 1. The molecule has 2 aromatic rings. The molecular formula is C16H17NO5. The Hall–Kier alpha value is -2.60. The van der Waals surface area contributed by atoms with Gasteiger partial charge in [0.1, 0.15) is 12.4 Å². The highest BCUT2D eigenvalue weighted by Crippen LogP contribution is 2.15. The Bertz CT molecular complexity index is 635. The predicted octanol–water partition coefficient (Wildman–Crippen LogP) is 2.02. The van der Waals surface area contributed by atoms with Gasteiger partial charge in [0.05, 0.1) is 5.92 Å². The topological polar surface area (TPSA) is 88.8 Å². The van der Waals surface area contributed by atoms with Gasteiger partial charge in [0.2, 0.25) is 0 Å². The molecule has 116 valence electrons. The van der Waals surface area contributed by atoms with Crippen LogP contribution in [0.25, 0.3) is 0 Å². The molecule has 22 heavy (non-hydrogen) atoms. The SMILES string of the molecule is COCc1ccc(C(=O)NCC(C(=O)O)c2ccccc2)o1. The van der Waals surface area contributed by atoms with E-state index in [0.717, 1.165) is 0 Å². The average Bonchev–Trinajstić information content (AvgIpc) is 2.97. The van der Waals surface area contributed by atoms with Crippen molar-refractivity contribution in [2.75, 3.05) is 13.7 Å². The molecule has 1 amide bonds. The second kappa shape index (κ2) is 7.42. The lowest BCUT2D eigenvalue weighted by Gasteiger charge is -2.13. The lowest BCUT2D eigenvalue weighted by atomic mass is 9.99. The zero-order valence-corrected chi connectivity index (χ0v) is 12.1. The molecular weight excluding hydrogens is 286 g/mol. The zero-order valence-electron chi connectivity index (χ0n) is 12.1. The molecule has 1 atom stereocenters. The minimum atomic E-state index is -0.994. The Morgan fingerprint density at radius 3 is 2.59 bits per heavy atom. The first-order valence-corrected chi connectivity index (χ1v) is 6.75. The quantitative estimate of drug-likeness (QED) is 0.817. The first kappa shape index (κ1) is 15.8. The van der Waals surface area contributed by atoms with E-state index in [4.69, 9.17) is 9.15 Å². The summed E-state index contributed by atoms with van der Waals surface area (Å²) in [4.78, 5) is 23.3. The number of nitrogens with one attached hydrogen (secondary N) is 1. The van der Waals surface area contributed by atoms with Crippen molar-refractivity contribution in [3.05, 3.63) is 59.5 Å². The molecule has 0 saturated heterocycles. The molecule has 0 radical (unpaired) electrons. The highest BCUT2D eigenvalue weighted by atomic mass is 16.5. The first-order valence-electron chi connectivity index (χ1n) is 6.75. The van der Waals surface area contributed by atoms with E-state index in [0.29, 0.717) is 11.3 Å². The van der Waals surface area contributed by atoms with Gasteiger partial charge in [0.15, 0.2) is 5.76 Å². The van der Waals surface area contributed by atoms with Gasteiger partial charge in [-0.2, -0.15) is 0 Å². The first-order chi connectivity index (χ1) is 10.6. The summed E-state index contributed by atoms with van der Waals surface area (Å²) in [5.74, 6) is -1.59. The monoisotopic (exact) mass is 303 g/mol. The Morgan fingerprint density at radius 1 is 1.23 bits per heavy atom. The summed E-state index contributed by atoms with van der Waals surface area (Å²) in [5, 5.41) is 11.9. The van der Waals surface area contributed by atoms with Crippen molar-refractivity contribution in [1.29, 1.82) is 0 Å². The Balaban J connectivity index is 2.00. The number of carboxylic acids is 1. The number of rotatable bonds is 7. The zero-order chi connectivity index (χ0) is 15.9. The smallest absolute Gasteiger partial charge is 0.312 e. The molecule has 6 heteroatoms. The lowest BCUT2D eigenvalue weighted by molar-refractivity contribution is -0.138. The number of carbonyl (C=O) groups is 2. The van der Waals surface area contributed by atoms with E-state index in [1.807, 2.05) is 0 Å². The predicted molar refractivity (Wildman–Crippen MR) is 78.6 cm³/mol. The van der Waals surface area contributed by atoms with E-state index >= 15 is 0 Å². The summed E-state index contributed by atoms with van der Waals surface area (Å²) in [7, 11) is 1.53. The number of amides is 1.